The van der Waals surface area contributed by atoms with E-state index in [-0.39, 0.29) is 5.91 Å². The number of carbonyl (C=O) groups excluding carboxylic acids is 1. The number of aromatic nitrogens is 1. The van der Waals surface area contributed by atoms with Crippen LogP contribution in [0.4, 0.5) is 11.4 Å². The Hall–Kier alpha value is -2.75. The molecule has 0 atom stereocenters. The summed E-state index contributed by atoms with van der Waals surface area (Å²) in [5.74, 6) is -0.0701. The zero-order valence-corrected chi connectivity index (χ0v) is 13.1. The lowest BCUT2D eigenvalue weighted by Gasteiger charge is -2.27. The van der Waals surface area contributed by atoms with Crippen molar-refractivity contribution in [3.05, 3.63) is 59.8 Å². The molecule has 116 valence electrons. The SMILES string of the molecule is CN1CCCc2cc(NC(=O)c3cccc4[nH]ccc34)ccc21. The van der Waals surface area contributed by atoms with Crippen molar-refractivity contribution >= 4 is 28.2 Å². The molecule has 2 aromatic carbocycles. The summed E-state index contributed by atoms with van der Waals surface area (Å²) in [6.07, 6.45) is 4.08. The average molecular weight is 305 g/mol. The Labute approximate surface area is 135 Å². The number of hydrogen-bond acceptors (Lipinski definition) is 2. The van der Waals surface area contributed by atoms with Gasteiger partial charge in [0.25, 0.3) is 5.91 Å². The number of aryl methyl sites for hydroxylation is 1. The highest BCUT2D eigenvalue weighted by Crippen LogP contribution is 2.29. The number of benzene rings is 2. The third-order valence-electron chi connectivity index (χ3n) is 4.53. The number of aromatic amines is 1. The van der Waals surface area contributed by atoms with Crippen LogP contribution >= 0.6 is 0 Å². The molecule has 1 aliphatic rings. The smallest absolute Gasteiger partial charge is 0.256 e. The fourth-order valence-electron chi connectivity index (χ4n) is 3.34. The predicted molar refractivity (Wildman–Crippen MR) is 94.3 cm³/mol. The molecular weight excluding hydrogens is 286 g/mol. The molecule has 0 radical (unpaired) electrons. The topological polar surface area (TPSA) is 48.1 Å². The van der Waals surface area contributed by atoms with Crippen molar-refractivity contribution in [1.29, 1.82) is 0 Å². The Balaban J connectivity index is 1.63. The van der Waals surface area contributed by atoms with Crippen LogP contribution in [0.3, 0.4) is 0 Å². The Morgan fingerprint density at radius 1 is 1.22 bits per heavy atom. The molecule has 0 aliphatic carbocycles. The highest BCUT2D eigenvalue weighted by molar-refractivity contribution is 6.12. The molecule has 1 amide bonds. The number of rotatable bonds is 2. The van der Waals surface area contributed by atoms with E-state index in [4.69, 9.17) is 0 Å². The van der Waals surface area contributed by atoms with Crippen LogP contribution in [0.25, 0.3) is 10.9 Å². The van der Waals surface area contributed by atoms with Crippen molar-refractivity contribution in [2.24, 2.45) is 0 Å². The molecule has 4 heteroatoms. The molecule has 3 aromatic rings. The minimum absolute atomic E-state index is 0.0701. The predicted octanol–water partition coefficient (Wildman–Crippen LogP) is 3.80. The van der Waals surface area contributed by atoms with E-state index in [0.29, 0.717) is 5.56 Å². The van der Waals surface area contributed by atoms with E-state index in [9.17, 15) is 4.79 Å². The van der Waals surface area contributed by atoms with Gasteiger partial charge in [-0.2, -0.15) is 0 Å². The minimum Gasteiger partial charge on any atom is -0.374 e. The molecule has 0 unspecified atom stereocenters. The van der Waals surface area contributed by atoms with Gasteiger partial charge < -0.3 is 15.2 Å². The second-order valence-corrected chi connectivity index (χ2v) is 6.07. The standard InChI is InChI=1S/C19H19N3O/c1-22-11-3-4-13-12-14(7-8-18(13)22)21-19(23)16-5-2-6-17-15(16)9-10-20-17/h2,5-10,12,20H,3-4,11H2,1H3,(H,21,23). The van der Waals surface area contributed by atoms with Crippen LogP contribution in [-0.4, -0.2) is 24.5 Å². The van der Waals surface area contributed by atoms with Gasteiger partial charge >= 0.3 is 0 Å². The molecule has 1 aromatic heterocycles. The first-order chi connectivity index (χ1) is 11.2. The van der Waals surface area contributed by atoms with Crippen molar-refractivity contribution in [2.45, 2.75) is 12.8 Å². The number of anilines is 2. The first-order valence-electron chi connectivity index (χ1n) is 7.94. The van der Waals surface area contributed by atoms with Gasteiger partial charge in [-0.1, -0.05) is 6.07 Å². The third kappa shape index (κ3) is 2.46. The lowest BCUT2D eigenvalue weighted by Crippen LogP contribution is -2.24. The number of hydrogen-bond donors (Lipinski definition) is 2. The fourth-order valence-corrected chi connectivity index (χ4v) is 3.34. The summed E-state index contributed by atoms with van der Waals surface area (Å²) in [5, 5.41) is 3.98. The van der Waals surface area contributed by atoms with Crippen LogP contribution in [0.15, 0.2) is 48.7 Å². The molecule has 4 rings (SSSR count). The van der Waals surface area contributed by atoms with Gasteiger partial charge in [0, 0.05) is 47.6 Å². The van der Waals surface area contributed by atoms with Gasteiger partial charge in [0.05, 0.1) is 0 Å². The first-order valence-corrected chi connectivity index (χ1v) is 7.94. The highest BCUT2D eigenvalue weighted by atomic mass is 16.1. The summed E-state index contributed by atoms with van der Waals surface area (Å²) in [6.45, 7) is 1.09. The van der Waals surface area contributed by atoms with E-state index < -0.39 is 0 Å². The summed E-state index contributed by atoms with van der Waals surface area (Å²) >= 11 is 0. The number of carbonyl (C=O) groups is 1. The molecule has 2 heterocycles. The quantitative estimate of drug-likeness (QED) is 0.756. The van der Waals surface area contributed by atoms with E-state index in [2.05, 4.69) is 34.4 Å². The number of nitrogens with one attached hydrogen (secondary N) is 2. The van der Waals surface area contributed by atoms with Gasteiger partial charge in [0.15, 0.2) is 0 Å². The van der Waals surface area contributed by atoms with Crippen molar-refractivity contribution in [3.8, 4) is 0 Å². The Bertz CT molecular complexity index is 881. The molecular formula is C19H19N3O. The second-order valence-electron chi connectivity index (χ2n) is 6.07. The maximum Gasteiger partial charge on any atom is 0.256 e. The van der Waals surface area contributed by atoms with Crippen LogP contribution in [-0.2, 0) is 6.42 Å². The monoisotopic (exact) mass is 305 g/mol. The van der Waals surface area contributed by atoms with E-state index in [1.54, 1.807) is 0 Å². The highest BCUT2D eigenvalue weighted by Gasteiger charge is 2.15. The Morgan fingerprint density at radius 2 is 2.13 bits per heavy atom. The summed E-state index contributed by atoms with van der Waals surface area (Å²) in [4.78, 5) is 18.0. The number of nitrogens with zero attached hydrogens (tertiary/aromatic N) is 1. The summed E-state index contributed by atoms with van der Waals surface area (Å²) < 4.78 is 0. The maximum atomic E-state index is 12.6. The van der Waals surface area contributed by atoms with Crippen LogP contribution < -0.4 is 10.2 Å². The van der Waals surface area contributed by atoms with E-state index in [1.165, 1.54) is 11.3 Å². The van der Waals surface area contributed by atoms with E-state index in [0.717, 1.165) is 36.0 Å². The Morgan fingerprint density at radius 3 is 3.04 bits per heavy atom. The lowest BCUT2D eigenvalue weighted by atomic mass is 10.0. The normalized spacial score (nSPS) is 13.9. The van der Waals surface area contributed by atoms with Gasteiger partial charge in [0.1, 0.15) is 0 Å². The molecule has 0 saturated heterocycles. The van der Waals surface area contributed by atoms with Crippen molar-refractivity contribution < 1.29 is 4.79 Å². The van der Waals surface area contributed by atoms with Crippen molar-refractivity contribution in [3.63, 3.8) is 0 Å². The summed E-state index contributed by atoms with van der Waals surface area (Å²) in [5.41, 5.74) is 5.10. The molecule has 0 fully saturated rings. The number of fused-ring (bicyclic) bond motifs is 2. The van der Waals surface area contributed by atoms with E-state index >= 15 is 0 Å². The average Bonchev–Trinajstić information content (AvgIpc) is 3.03. The zero-order chi connectivity index (χ0) is 15.8. The van der Waals surface area contributed by atoms with Crippen LogP contribution in [0.1, 0.15) is 22.3 Å². The molecule has 0 bridgehead atoms. The molecule has 0 saturated carbocycles. The van der Waals surface area contributed by atoms with Crippen molar-refractivity contribution in [1.82, 2.24) is 4.98 Å². The molecule has 1 aliphatic heterocycles. The summed E-state index contributed by atoms with van der Waals surface area (Å²) in [7, 11) is 2.11. The first kappa shape index (κ1) is 13.9. The third-order valence-corrected chi connectivity index (χ3v) is 4.53. The molecule has 4 nitrogen and oxygen atoms in total. The van der Waals surface area contributed by atoms with Crippen LogP contribution in [0.5, 0.6) is 0 Å². The molecule has 0 spiro atoms. The molecule has 2 N–H and O–H groups in total. The van der Waals surface area contributed by atoms with Gasteiger partial charge in [0.2, 0.25) is 0 Å². The minimum atomic E-state index is -0.0701. The van der Waals surface area contributed by atoms with Gasteiger partial charge in [-0.15, -0.1) is 0 Å². The van der Waals surface area contributed by atoms with Gasteiger partial charge in [-0.05, 0) is 54.8 Å². The van der Waals surface area contributed by atoms with Gasteiger partial charge in [-0.3, -0.25) is 4.79 Å². The van der Waals surface area contributed by atoms with Crippen LogP contribution in [0.2, 0.25) is 0 Å². The van der Waals surface area contributed by atoms with Crippen molar-refractivity contribution in [2.75, 3.05) is 23.8 Å². The Kier molecular flexibility index (Phi) is 3.30. The lowest BCUT2D eigenvalue weighted by molar-refractivity contribution is 0.102. The summed E-state index contributed by atoms with van der Waals surface area (Å²) in [6, 6.07) is 13.8. The zero-order valence-electron chi connectivity index (χ0n) is 13.1. The maximum absolute atomic E-state index is 12.6. The van der Waals surface area contributed by atoms with Gasteiger partial charge in [-0.25, -0.2) is 0 Å². The second kappa shape index (κ2) is 5.47. The molecule has 23 heavy (non-hydrogen) atoms. The largest absolute Gasteiger partial charge is 0.374 e. The fraction of sp³-hybridized carbons (Fsp3) is 0.211. The van der Waals surface area contributed by atoms with Crippen LogP contribution in [0, 0.1) is 0 Å². The number of H-pyrrole nitrogens is 1. The van der Waals surface area contributed by atoms with E-state index in [1.807, 2.05) is 36.5 Å². The number of amides is 1.